The fourth-order valence-electron chi connectivity index (χ4n) is 5.64. The minimum absolute atomic E-state index is 0.298. The van der Waals surface area contributed by atoms with Crippen LogP contribution in [0.5, 0.6) is 0 Å². The molecule has 4 rings (SSSR count). The van der Waals surface area contributed by atoms with Crippen molar-refractivity contribution < 1.29 is 4.79 Å². The highest BCUT2D eigenvalue weighted by molar-refractivity contribution is 5.77. The summed E-state index contributed by atoms with van der Waals surface area (Å²) in [6, 6.07) is 0.776. The Bertz CT molecular complexity index is 417. The van der Waals surface area contributed by atoms with Crippen molar-refractivity contribution in [3.63, 3.8) is 0 Å². The molecule has 2 N–H and O–H groups in total. The van der Waals surface area contributed by atoms with Crippen LogP contribution >= 0.6 is 0 Å². The number of hydrogen-bond donors (Lipinski definition) is 2. The Kier molecular flexibility index (Phi) is 3.52. The summed E-state index contributed by atoms with van der Waals surface area (Å²) < 4.78 is 0. The molecule has 2 spiro atoms. The lowest BCUT2D eigenvalue weighted by Crippen LogP contribution is -2.40. The highest BCUT2D eigenvalue weighted by Gasteiger charge is 2.46. The molecule has 3 atom stereocenters. The fourth-order valence-corrected chi connectivity index (χ4v) is 5.64. The molecule has 2 saturated heterocycles. The number of hydrogen-bond acceptors (Lipinski definition) is 2. The maximum Gasteiger partial charge on any atom is 0.220 e. The molecule has 4 fully saturated rings. The number of amides is 1. The van der Waals surface area contributed by atoms with Crippen molar-refractivity contribution in [1.82, 2.24) is 10.6 Å². The van der Waals surface area contributed by atoms with Gasteiger partial charge >= 0.3 is 0 Å². The zero-order valence-electron chi connectivity index (χ0n) is 13.3. The molecular weight excluding hydrogens is 260 g/mol. The van der Waals surface area contributed by atoms with Gasteiger partial charge in [0.15, 0.2) is 0 Å². The van der Waals surface area contributed by atoms with Crippen LogP contribution in [0.15, 0.2) is 0 Å². The zero-order valence-corrected chi connectivity index (χ0v) is 13.3. The lowest BCUT2D eigenvalue weighted by Gasteiger charge is -2.38. The number of piperidine rings is 1. The Morgan fingerprint density at radius 1 is 0.952 bits per heavy atom. The van der Waals surface area contributed by atoms with Gasteiger partial charge in [-0.15, -0.1) is 0 Å². The first-order valence-electron chi connectivity index (χ1n) is 9.19. The molecule has 2 aliphatic heterocycles. The molecule has 3 heteroatoms. The Labute approximate surface area is 128 Å². The first kappa shape index (κ1) is 14.0. The van der Waals surface area contributed by atoms with Crippen molar-refractivity contribution >= 4 is 5.91 Å². The molecule has 3 unspecified atom stereocenters. The van der Waals surface area contributed by atoms with E-state index >= 15 is 0 Å². The van der Waals surface area contributed by atoms with E-state index in [-0.39, 0.29) is 0 Å². The molecule has 0 aromatic heterocycles. The summed E-state index contributed by atoms with van der Waals surface area (Å²) in [5.74, 6) is 1.17. The summed E-state index contributed by atoms with van der Waals surface area (Å²) in [7, 11) is 0. The second-order valence-corrected chi connectivity index (χ2v) is 8.51. The summed E-state index contributed by atoms with van der Waals surface area (Å²) in [5, 5.41) is 6.88. The van der Waals surface area contributed by atoms with E-state index in [0.717, 1.165) is 24.9 Å². The summed E-state index contributed by atoms with van der Waals surface area (Å²) in [5.41, 5.74) is 1.04. The van der Waals surface area contributed by atoms with Crippen LogP contribution < -0.4 is 10.6 Å². The Morgan fingerprint density at radius 3 is 2.52 bits per heavy atom. The van der Waals surface area contributed by atoms with Crippen LogP contribution in [0.25, 0.3) is 0 Å². The van der Waals surface area contributed by atoms with E-state index in [1.165, 1.54) is 70.8 Å². The topological polar surface area (TPSA) is 41.1 Å². The average molecular weight is 290 g/mol. The van der Waals surface area contributed by atoms with Gasteiger partial charge in [0, 0.05) is 25.6 Å². The number of carbonyl (C=O) groups is 1. The molecule has 0 aromatic rings. The van der Waals surface area contributed by atoms with E-state index in [2.05, 4.69) is 10.6 Å². The van der Waals surface area contributed by atoms with Crippen LogP contribution in [-0.2, 0) is 4.79 Å². The van der Waals surface area contributed by atoms with Crippen molar-refractivity contribution in [3.8, 4) is 0 Å². The molecule has 21 heavy (non-hydrogen) atoms. The van der Waals surface area contributed by atoms with E-state index in [0.29, 0.717) is 16.7 Å². The molecule has 0 aromatic carbocycles. The van der Waals surface area contributed by atoms with Gasteiger partial charge < -0.3 is 10.6 Å². The van der Waals surface area contributed by atoms with Gasteiger partial charge in [0.05, 0.1) is 0 Å². The van der Waals surface area contributed by atoms with E-state index in [1.54, 1.807) is 0 Å². The van der Waals surface area contributed by atoms with Crippen LogP contribution in [0.4, 0.5) is 0 Å². The van der Waals surface area contributed by atoms with Gasteiger partial charge in [0.25, 0.3) is 0 Å². The van der Waals surface area contributed by atoms with E-state index in [4.69, 9.17) is 0 Å². The molecule has 0 radical (unpaired) electrons. The third-order valence-electron chi connectivity index (χ3n) is 7.22. The van der Waals surface area contributed by atoms with E-state index in [9.17, 15) is 4.79 Å². The van der Waals surface area contributed by atoms with Crippen LogP contribution in [0.3, 0.4) is 0 Å². The van der Waals surface area contributed by atoms with Gasteiger partial charge in [0.1, 0.15) is 0 Å². The van der Waals surface area contributed by atoms with Crippen molar-refractivity contribution in [3.05, 3.63) is 0 Å². The number of carbonyl (C=O) groups excluding carboxylic acids is 1. The number of nitrogens with one attached hydrogen (secondary N) is 2. The molecule has 4 aliphatic rings. The van der Waals surface area contributed by atoms with E-state index in [1.807, 2.05) is 0 Å². The number of rotatable bonds is 1. The maximum atomic E-state index is 11.8. The molecule has 2 saturated carbocycles. The van der Waals surface area contributed by atoms with Crippen LogP contribution in [-0.4, -0.2) is 25.0 Å². The highest BCUT2D eigenvalue weighted by Crippen LogP contribution is 2.51. The van der Waals surface area contributed by atoms with Gasteiger partial charge in [-0.2, -0.15) is 0 Å². The second-order valence-electron chi connectivity index (χ2n) is 8.51. The molecule has 2 aliphatic carbocycles. The van der Waals surface area contributed by atoms with E-state index < -0.39 is 0 Å². The van der Waals surface area contributed by atoms with Crippen molar-refractivity contribution in [1.29, 1.82) is 0 Å². The summed E-state index contributed by atoms with van der Waals surface area (Å²) in [6.07, 6.45) is 14.5. The molecule has 118 valence electrons. The largest absolute Gasteiger partial charge is 0.356 e. The lowest BCUT2D eigenvalue weighted by atomic mass is 9.66. The Hall–Kier alpha value is -0.570. The first-order valence-corrected chi connectivity index (χ1v) is 9.19. The molecule has 0 bridgehead atoms. The van der Waals surface area contributed by atoms with Crippen molar-refractivity contribution in [2.75, 3.05) is 13.1 Å². The lowest BCUT2D eigenvalue weighted by molar-refractivity contribution is -0.126. The highest BCUT2D eigenvalue weighted by atomic mass is 16.1. The van der Waals surface area contributed by atoms with Crippen LogP contribution in [0.1, 0.15) is 70.6 Å². The maximum absolute atomic E-state index is 11.8. The smallest absolute Gasteiger partial charge is 0.220 e. The predicted molar refractivity (Wildman–Crippen MR) is 83.9 cm³/mol. The van der Waals surface area contributed by atoms with Gasteiger partial charge in [0.2, 0.25) is 5.91 Å². The fraction of sp³-hybridized carbons (Fsp3) is 0.944. The Morgan fingerprint density at radius 2 is 1.81 bits per heavy atom. The minimum Gasteiger partial charge on any atom is -0.356 e. The SMILES string of the molecule is O=C1CC2(CCCC(C3CC4(CCC4)CN3)CC2)CCN1. The summed E-state index contributed by atoms with van der Waals surface area (Å²) in [6.45, 7) is 2.19. The van der Waals surface area contributed by atoms with Gasteiger partial charge in [-0.25, -0.2) is 0 Å². The third kappa shape index (κ3) is 2.62. The average Bonchev–Trinajstić information content (AvgIpc) is 2.80. The molecule has 2 heterocycles. The van der Waals surface area contributed by atoms with Gasteiger partial charge in [-0.3, -0.25) is 4.79 Å². The quantitative estimate of drug-likeness (QED) is 0.779. The third-order valence-corrected chi connectivity index (χ3v) is 7.22. The monoisotopic (exact) mass is 290 g/mol. The Balaban J connectivity index is 1.38. The van der Waals surface area contributed by atoms with Crippen molar-refractivity contribution in [2.45, 2.75) is 76.7 Å². The normalized spacial score (nSPS) is 42.6. The second kappa shape index (κ2) is 5.26. The zero-order chi connectivity index (χ0) is 14.3. The molecular formula is C18H30N2O. The van der Waals surface area contributed by atoms with Crippen LogP contribution in [0, 0.1) is 16.7 Å². The molecule has 1 amide bonds. The standard InChI is InChI=1S/C18H30N2O/c21-16-12-17(9-10-19-16)5-1-3-14(4-8-17)15-11-18(13-20-15)6-2-7-18/h14-15,20H,1-13H2,(H,19,21). The predicted octanol–water partition coefficient (Wildman–Crippen LogP) is 3.00. The molecule has 3 nitrogen and oxygen atoms in total. The van der Waals surface area contributed by atoms with Crippen molar-refractivity contribution in [2.24, 2.45) is 16.7 Å². The summed E-state index contributed by atoms with van der Waals surface area (Å²) in [4.78, 5) is 11.8. The van der Waals surface area contributed by atoms with Gasteiger partial charge in [-0.05, 0) is 68.1 Å². The van der Waals surface area contributed by atoms with Gasteiger partial charge in [-0.1, -0.05) is 12.8 Å². The summed E-state index contributed by atoms with van der Waals surface area (Å²) >= 11 is 0. The first-order chi connectivity index (χ1) is 10.2. The van der Waals surface area contributed by atoms with Crippen LogP contribution in [0.2, 0.25) is 0 Å². The minimum atomic E-state index is 0.298.